The van der Waals surface area contributed by atoms with E-state index >= 15 is 0 Å². The number of anilines is 1. The first-order valence-electron chi connectivity index (χ1n) is 7.64. The van der Waals surface area contributed by atoms with Gasteiger partial charge in [-0.05, 0) is 63.0 Å². The van der Waals surface area contributed by atoms with Gasteiger partial charge in [0.1, 0.15) is 16.3 Å². The summed E-state index contributed by atoms with van der Waals surface area (Å²) in [5.74, 6) is -0.0816. The normalized spacial score (nSPS) is 12.7. The number of carbonyl (C=O) groups is 1. The second-order valence-corrected chi connectivity index (χ2v) is 9.85. The molecule has 0 fully saturated rings. The third-order valence-corrected chi connectivity index (χ3v) is 4.94. The maximum Gasteiger partial charge on any atom is 0.408 e. The van der Waals surface area contributed by atoms with E-state index in [1.54, 1.807) is 34.6 Å². The predicted octanol–water partition coefficient (Wildman–Crippen LogP) is 2.40. The van der Waals surface area contributed by atoms with Gasteiger partial charge in [-0.2, -0.15) is 0 Å². The molecule has 0 radical (unpaired) electrons. The first-order chi connectivity index (χ1) is 11.2. The highest BCUT2D eigenvalue weighted by molar-refractivity contribution is 9.10. The fraction of sp³-hybridized carbons (Fsp3) is 0.600. The lowest BCUT2D eigenvalue weighted by atomic mass is 10.0. The summed E-state index contributed by atoms with van der Waals surface area (Å²) >= 11 is 3.17. The molecule has 0 unspecified atom stereocenters. The van der Waals surface area contributed by atoms with Gasteiger partial charge in [-0.3, -0.25) is 0 Å². The van der Waals surface area contributed by atoms with Crippen LogP contribution in [0.4, 0.5) is 10.6 Å². The van der Waals surface area contributed by atoms with E-state index in [9.17, 15) is 13.2 Å². The van der Waals surface area contributed by atoms with Gasteiger partial charge in [-0.1, -0.05) is 0 Å². The van der Waals surface area contributed by atoms with Gasteiger partial charge in [-0.15, -0.1) is 0 Å². The molecule has 1 rings (SSSR count). The molecular formula is C15H25BrN4O4S. The van der Waals surface area contributed by atoms with Gasteiger partial charge < -0.3 is 15.8 Å². The van der Waals surface area contributed by atoms with Gasteiger partial charge in [0.25, 0.3) is 0 Å². The summed E-state index contributed by atoms with van der Waals surface area (Å²) in [6.45, 7) is 8.97. The molecule has 0 aliphatic heterocycles. The van der Waals surface area contributed by atoms with Gasteiger partial charge >= 0.3 is 6.09 Å². The van der Waals surface area contributed by atoms with Crippen molar-refractivity contribution in [3.63, 3.8) is 0 Å². The van der Waals surface area contributed by atoms with Crippen LogP contribution < -0.4 is 15.8 Å². The molecule has 0 saturated carbocycles. The van der Waals surface area contributed by atoms with Gasteiger partial charge in [-0.25, -0.2) is 22.9 Å². The molecule has 1 aromatic heterocycles. The number of alkyl carbamates (subject to hydrolysis) is 1. The van der Waals surface area contributed by atoms with Crippen LogP contribution in [0, 0.1) is 0 Å². The molecular weight excluding hydrogens is 412 g/mol. The maximum atomic E-state index is 12.3. The minimum absolute atomic E-state index is 0.0816. The molecule has 0 bridgehead atoms. The highest BCUT2D eigenvalue weighted by Crippen LogP contribution is 2.20. The zero-order valence-electron chi connectivity index (χ0n) is 15.0. The van der Waals surface area contributed by atoms with Crippen LogP contribution in [0.1, 0.15) is 41.0 Å². The molecule has 1 amide bonds. The molecule has 8 nitrogen and oxygen atoms in total. The van der Waals surface area contributed by atoms with Gasteiger partial charge in [0, 0.05) is 22.8 Å². The van der Waals surface area contributed by atoms with Gasteiger partial charge in [0.2, 0.25) is 10.0 Å². The fourth-order valence-electron chi connectivity index (χ4n) is 1.86. The number of pyridine rings is 1. The van der Waals surface area contributed by atoms with Crippen molar-refractivity contribution in [1.29, 1.82) is 0 Å². The van der Waals surface area contributed by atoms with Crippen LogP contribution in [-0.4, -0.2) is 37.2 Å². The Bertz CT molecular complexity index is 730. The van der Waals surface area contributed by atoms with Crippen molar-refractivity contribution < 1.29 is 17.9 Å². The lowest BCUT2D eigenvalue weighted by Gasteiger charge is -2.28. The Morgan fingerprint density at radius 1 is 1.32 bits per heavy atom. The quantitative estimate of drug-likeness (QED) is 0.628. The van der Waals surface area contributed by atoms with Crippen molar-refractivity contribution in [1.82, 2.24) is 15.0 Å². The summed E-state index contributed by atoms with van der Waals surface area (Å²) in [6.07, 6.45) is 1.22. The van der Waals surface area contributed by atoms with Gasteiger partial charge in [0.15, 0.2) is 0 Å². The Kier molecular flexibility index (Phi) is 6.82. The number of aromatic nitrogens is 1. The Labute approximate surface area is 157 Å². The topological polar surface area (TPSA) is 123 Å². The summed E-state index contributed by atoms with van der Waals surface area (Å²) < 4.78 is 32.8. The number of rotatable bonds is 6. The number of hydrogen-bond donors (Lipinski definition) is 3. The lowest BCUT2D eigenvalue weighted by Crippen LogP contribution is -2.47. The SMILES string of the molecule is CC(C)(CCNS(=O)(=O)c1cc(Br)cnc1N)NC(=O)OC(C)(C)C. The van der Waals surface area contributed by atoms with Gasteiger partial charge in [0.05, 0.1) is 0 Å². The lowest BCUT2D eigenvalue weighted by molar-refractivity contribution is 0.0469. The minimum Gasteiger partial charge on any atom is -0.444 e. The van der Waals surface area contributed by atoms with Crippen LogP contribution in [0.25, 0.3) is 0 Å². The second kappa shape index (κ2) is 7.88. The fourth-order valence-corrected chi connectivity index (χ4v) is 3.48. The molecule has 0 aliphatic rings. The van der Waals surface area contributed by atoms with Crippen LogP contribution in [0.5, 0.6) is 0 Å². The molecule has 1 heterocycles. The monoisotopic (exact) mass is 436 g/mol. The third-order valence-electron chi connectivity index (χ3n) is 3.02. The summed E-state index contributed by atoms with van der Waals surface area (Å²) in [6, 6.07) is 1.38. The van der Waals surface area contributed by atoms with Crippen molar-refractivity contribution >= 4 is 37.9 Å². The minimum atomic E-state index is -3.80. The summed E-state index contributed by atoms with van der Waals surface area (Å²) in [5, 5.41) is 2.72. The van der Waals surface area contributed by atoms with Crippen LogP contribution in [-0.2, 0) is 14.8 Å². The highest BCUT2D eigenvalue weighted by atomic mass is 79.9. The molecule has 0 aromatic carbocycles. The number of nitrogens with zero attached hydrogens (tertiary/aromatic N) is 1. The van der Waals surface area contributed by atoms with Crippen molar-refractivity contribution in [3.8, 4) is 0 Å². The molecule has 142 valence electrons. The predicted molar refractivity (Wildman–Crippen MR) is 99.6 cm³/mol. The molecule has 1 aromatic rings. The van der Waals surface area contributed by atoms with Crippen molar-refractivity contribution in [2.75, 3.05) is 12.3 Å². The van der Waals surface area contributed by atoms with E-state index in [2.05, 4.69) is 31.0 Å². The standard InChI is InChI=1S/C15H25BrN4O4S/c1-14(2,3)24-13(21)20-15(4,5)6-7-19-25(22,23)11-8-10(16)9-18-12(11)17/h8-9,19H,6-7H2,1-5H3,(H2,17,18)(H,20,21). The molecule has 0 spiro atoms. The summed E-state index contributed by atoms with van der Waals surface area (Å²) in [7, 11) is -3.80. The van der Waals surface area contributed by atoms with Crippen LogP contribution in [0.3, 0.4) is 0 Å². The number of nitrogen functional groups attached to an aromatic ring is 1. The van der Waals surface area contributed by atoms with Crippen LogP contribution in [0.15, 0.2) is 21.6 Å². The average Bonchev–Trinajstić information content (AvgIpc) is 2.37. The van der Waals surface area contributed by atoms with E-state index < -0.39 is 27.3 Å². The molecule has 4 N–H and O–H groups in total. The van der Waals surface area contributed by atoms with E-state index in [1.165, 1.54) is 12.3 Å². The number of ether oxygens (including phenoxy) is 1. The number of nitrogens with two attached hydrogens (primary N) is 1. The summed E-state index contributed by atoms with van der Waals surface area (Å²) in [5.41, 5.74) is 4.37. The molecule has 0 saturated heterocycles. The molecule has 25 heavy (non-hydrogen) atoms. The number of nitrogens with one attached hydrogen (secondary N) is 2. The number of halogens is 1. The zero-order chi connectivity index (χ0) is 19.5. The van der Waals surface area contributed by atoms with E-state index in [0.717, 1.165) is 0 Å². The average molecular weight is 437 g/mol. The number of carbonyl (C=O) groups excluding carboxylic acids is 1. The van der Waals surface area contributed by atoms with E-state index in [4.69, 9.17) is 10.5 Å². The largest absolute Gasteiger partial charge is 0.444 e. The maximum absolute atomic E-state index is 12.3. The third kappa shape index (κ3) is 7.57. The number of sulfonamides is 1. The van der Waals surface area contributed by atoms with E-state index in [0.29, 0.717) is 10.9 Å². The van der Waals surface area contributed by atoms with Crippen LogP contribution >= 0.6 is 15.9 Å². The molecule has 0 aliphatic carbocycles. The molecule has 0 atom stereocenters. The van der Waals surface area contributed by atoms with Crippen LogP contribution in [0.2, 0.25) is 0 Å². The zero-order valence-corrected chi connectivity index (χ0v) is 17.4. The first-order valence-corrected chi connectivity index (χ1v) is 9.91. The Morgan fingerprint density at radius 3 is 2.48 bits per heavy atom. The second-order valence-electron chi connectivity index (χ2n) is 7.20. The smallest absolute Gasteiger partial charge is 0.408 e. The highest BCUT2D eigenvalue weighted by Gasteiger charge is 2.26. The van der Waals surface area contributed by atoms with E-state index in [-0.39, 0.29) is 17.3 Å². The Hall–Kier alpha value is -1.39. The summed E-state index contributed by atoms with van der Waals surface area (Å²) in [4.78, 5) is 15.6. The van der Waals surface area contributed by atoms with Crippen molar-refractivity contribution in [2.45, 2.75) is 57.1 Å². The Balaban J connectivity index is 2.65. The van der Waals surface area contributed by atoms with Crippen molar-refractivity contribution in [3.05, 3.63) is 16.7 Å². The Morgan fingerprint density at radius 2 is 1.92 bits per heavy atom. The number of hydrogen-bond acceptors (Lipinski definition) is 6. The first kappa shape index (κ1) is 21.7. The van der Waals surface area contributed by atoms with Crippen molar-refractivity contribution in [2.24, 2.45) is 0 Å². The van der Waals surface area contributed by atoms with E-state index in [1.807, 2.05) is 0 Å². The molecule has 10 heteroatoms. The number of amides is 1.